The van der Waals surface area contributed by atoms with Crippen LogP contribution in [0.2, 0.25) is 0 Å². The maximum atomic E-state index is 13.7. The highest BCUT2D eigenvalue weighted by molar-refractivity contribution is 5.76. The number of amides is 1. The topological polar surface area (TPSA) is 73.7 Å². The molecule has 1 amide bonds. The number of fused-ring (bicyclic) bond motifs is 2. The molecule has 1 aromatic carbocycles. The van der Waals surface area contributed by atoms with Gasteiger partial charge in [-0.05, 0) is 37.1 Å². The predicted octanol–water partition coefficient (Wildman–Crippen LogP) is 3.18. The fourth-order valence-corrected chi connectivity index (χ4v) is 5.01. The smallest absolute Gasteiger partial charge is 0.277 e. The first-order valence-corrected chi connectivity index (χ1v) is 11.4. The predicted molar refractivity (Wildman–Crippen MR) is 119 cm³/mol. The molecule has 5 rings (SSSR count). The summed E-state index contributed by atoms with van der Waals surface area (Å²) in [5.74, 6) is -0.166. The molecular weight excluding hydrogens is 409 g/mol. The molecule has 3 aromatic rings. The van der Waals surface area contributed by atoms with Gasteiger partial charge in [-0.15, -0.1) is 0 Å². The van der Waals surface area contributed by atoms with Gasteiger partial charge in [0.15, 0.2) is 5.65 Å². The average molecular weight is 438 g/mol. The molecule has 2 aromatic heterocycles. The summed E-state index contributed by atoms with van der Waals surface area (Å²) in [5, 5.41) is 3.29. The number of carbonyl (C=O) groups excluding carboxylic acids is 1. The van der Waals surface area contributed by atoms with E-state index < -0.39 is 0 Å². The summed E-state index contributed by atoms with van der Waals surface area (Å²) in [6, 6.07) is 8.82. The van der Waals surface area contributed by atoms with E-state index in [1.54, 1.807) is 17.0 Å². The molecule has 168 valence electrons. The first kappa shape index (κ1) is 20.9. The normalized spacial score (nSPS) is 19.3. The van der Waals surface area contributed by atoms with Gasteiger partial charge in [0, 0.05) is 32.0 Å². The molecule has 0 saturated carbocycles. The minimum atomic E-state index is -0.224. The molecule has 0 bridgehead atoms. The van der Waals surface area contributed by atoms with E-state index in [9.17, 15) is 14.0 Å². The number of nitrogens with one attached hydrogen (secondary N) is 1. The van der Waals surface area contributed by atoms with Gasteiger partial charge in [-0.3, -0.25) is 19.6 Å². The van der Waals surface area contributed by atoms with Gasteiger partial charge in [-0.1, -0.05) is 25.5 Å². The lowest BCUT2D eigenvalue weighted by atomic mass is 9.98. The number of benzene rings is 1. The molecule has 0 aliphatic carbocycles. The number of hydrogen-bond acceptors (Lipinski definition) is 4. The molecule has 0 unspecified atom stereocenters. The van der Waals surface area contributed by atoms with E-state index in [1.807, 2.05) is 19.1 Å². The first-order valence-electron chi connectivity index (χ1n) is 11.4. The zero-order valence-electron chi connectivity index (χ0n) is 18.3. The van der Waals surface area contributed by atoms with Gasteiger partial charge >= 0.3 is 0 Å². The molecular formula is C24H28FN5O2. The van der Waals surface area contributed by atoms with E-state index in [1.165, 1.54) is 10.6 Å². The van der Waals surface area contributed by atoms with Crippen molar-refractivity contribution in [1.29, 1.82) is 0 Å². The first-order chi connectivity index (χ1) is 15.5. The number of halogens is 1. The van der Waals surface area contributed by atoms with Crippen molar-refractivity contribution in [2.24, 2.45) is 0 Å². The number of nitrogens with zero attached hydrogens (tertiary/aromatic N) is 4. The minimum Gasteiger partial charge on any atom is -0.338 e. The van der Waals surface area contributed by atoms with Crippen molar-refractivity contribution in [3.8, 4) is 0 Å². The Labute approximate surface area is 185 Å². The fraction of sp³-hybridized carbons (Fsp3) is 0.458. The van der Waals surface area contributed by atoms with Gasteiger partial charge in [0.1, 0.15) is 5.82 Å². The number of aromatic amines is 1. The summed E-state index contributed by atoms with van der Waals surface area (Å²) in [6.07, 6.45) is 4.20. The van der Waals surface area contributed by atoms with Crippen LogP contribution < -0.4 is 5.56 Å². The van der Waals surface area contributed by atoms with Gasteiger partial charge in [0.25, 0.3) is 5.56 Å². The van der Waals surface area contributed by atoms with Gasteiger partial charge in [-0.2, -0.15) is 0 Å². The van der Waals surface area contributed by atoms with Crippen LogP contribution in [-0.2, 0) is 24.3 Å². The Kier molecular flexibility index (Phi) is 5.55. The molecule has 1 saturated heterocycles. The maximum absolute atomic E-state index is 13.7. The largest absolute Gasteiger partial charge is 0.338 e. The Hall–Kier alpha value is -3.00. The van der Waals surface area contributed by atoms with Crippen molar-refractivity contribution in [1.82, 2.24) is 24.4 Å². The third kappa shape index (κ3) is 3.83. The van der Waals surface area contributed by atoms with Gasteiger partial charge in [0.05, 0.1) is 29.5 Å². The molecule has 8 heteroatoms. The number of rotatable bonds is 4. The van der Waals surface area contributed by atoms with Crippen molar-refractivity contribution < 1.29 is 9.18 Å². The van der Waals surface area contributed by atoms with E-state index >= 15 is 0 Å². The Morgan fingerprint density at radius 3 is 2.94 bits per heavy atom. The van der Waals surface area contributed by atoms with Crippen LogP contribution in [-0.4, -0.2) is 43.4 Å². The minimum absolute atomic E-state index is 0.0579. The number of piperidine rings is 1. The lowest BCUT2D eigenvalue weighted by Crippen LogP contribution is -2.40. The van der Waals surface area contributed by atoms with Crippen molar-refractivity contribution in [3.63, 3.8) is 0 Å². The molecule has 0 spiro atoms. The third-order valence-electron chi connectivity index (χ3n) is 6.68. The lowest BCUT2D eigenvalue weighted by Gasteiger charge is -2.35. The summed E-state index contributed by atoms with van der Waals surface area (Å²) in [4.78, 5) is 34.2. The number of carbonyl (C=O) groups is 1. The van der Waals surface area contributed by atoms with Gasteiger partial charge in [-0.25, -0.2) is 13.9 Å². The summed E-state index contributed by atoms with van der Waals surface area (Å²) >= 11 is 0. The SMILES string of the molecule is CCC(=O)N1CCc2nc3cc([C@H]4CCCCN4Cc4cccc(F)c4)[nH]n3c(=O)c2C1. The Morgan fingerprint density at radius 2 is 2.12 bits per heavy atom. The summed E-state index contributed by atoms with van der Waals surface area (Å²) in [6.45, 7) is 4.33. The number of likely N-dealkylation sites (tertiary alicyclic amines) is 1. The highest BCUT2D eigenvalue weighted by atomic mass is 19.1. The summed E-state index contributed by atoms with van der Waals surface area (Å²) in [7, 11) is 0. The zero-order valence-corrected chi connectivity index (χ0v) is 18.3. The zero-order chi connectivity index (χ0) is 22.2. The van der Waals surface area contributed by atoms with Crippen LogP contribution in [0.3, 0.4) is 0 Å². The second-order valence-corrected chi connectivity index (χ2v) is 8.78. The Balaban J connectivity index is 1.47. The number of hydrogen-bond donors (Lipinski definition) is 1. The quantitative estimate of drug-likeness (QED) is 0.680. The average Bonchev–Trinajstić information content (AvgIpc) is 3.23. The van der Waals surface area contributed by atoms with Crippen molar-refractivity contribution in [2.45, 2.75) is 58.2 Å². The van der Waals surface area contributed by atoms with E-state index in [2.05, 4.69) is 10.00 Å². The molecule has 4 heterocycles. The van der Waals surface area contributed by atoms with Crippen LogP contribution in [0, 0.1) is 5.82 Å². The van der Waals surface area contributed by atoms with Crippen LogP contribution >= 0.6 is 0 Å². The van der Waals surface area contributed by atoms with E-state index in [4.69, 9.17) is 4.98 Å². The van der Waals surface area contributed by atoms with E-state index in [0.29, 0.717) is 43.7 Å². The molecule has 1 atom stereocenters. The second-order valence-electron chi connectivity index (χ2n) is 8.78. The van der Waals surface area contributed by atoms with Crippen LogP contribution in [0.15, 0.2) is 35.1 Å². The van der Waals surface area contributed by atoms with Gasteiger partial charge in [0.2, 0.25) is 5.91 Å². The molecule has 32 heavy (non-hydrogen) atoms. The highest BCUT2D eigenvalue weighted by Crippen LogP contribution is 2.32. The molecule has 7 nitrogen and oxygen atoms in total. The standard InChI is InChI=1S/C24H28FN5O2/c1-2-23(31)29-11-9-19-18(15-29)24(32)30-22(26-19)13-20(27-30)21-8-3-4-10-28(21)14-16-6-5-7-17(25)12-16/h5-7,12-13,21,27H,2-4,8-11,14-15H2,1H3/t21-/m1/s1. The fourth-order valence-electron chi connectivity index (χ4n) is 5.01. The van der Waals surface area contributed by atoms with Crippen molar-refractivity contribution in [3.05, 3.63) is 69.0 Å². The third-order valence-corrected chi connectivity index (χ3v) is 6.68. The van der Waals surface area contributed by atoms with Gasteiger partial charge < -0.3 is 4.90 Å². The highest BCUT2D eigenvalue weighted by Gasteiger charge is 2.28. The van der Waals surface area contributed by atoms with Crippen LogP contribution in [0.1, 0.15) is 61.2 Å². The number of H-pyrrole nitrogens is 1. The Morgan fingerprint density at radius 1 is 1.25 bits per heavy atom. The molecule has 2 aliphatic heterocycles. The van der Waals surface area contributed by atoms with Crippen LogP contribution in [0.5, 0.6) is 0 Å². The lowest BCUT2D eigenvalue weighted by molar-refractivity contribution is -0.131. The summed E-state index contributed by atoms with van der Waals surface area (Å²) in [5.41, 5.74) is 3.78. The van der Waals surface area contributed by atoms with Crippen LogP contribution in [0.4, 0.5) is 4.39 Å². The second kappa shape index (κ2) is 8.50. The molecule has 1 fully saturated rings. The van der Waals surface area contributed by atoms with Crippen LogP contribution in [0.25, 0.3) is 5.65 Å². The monoisotopic (exact) mass is 437 g/mol. The van der Waals surface area contributed by atoms with Crippen molar-refractivity contribution >= 4 is 11.6 Å². The van der Waals surface area contributed by atoms with Crippen molar-refractivity contribution in [2.75, 3.05) is 13.1 Å². The maximum Gasteiger partial charge on any atom is 0.277 e. The van der Waals surface area contributed by atoms with E-state index in [0.717, 1.165) is 42.8 Å². The molecule has 1 N–H and O–H groups in total. The molecule has 2 aliphatic rings. The number of aromatic nitrogens is 3. The summed E-state index contributed by atoms with van der Waals surface area (Å²) < 4.78 is 15.2. The van der Waals surface area contributed by atoms with E-state index in [-0.39, 0.29) is 23.3 Å². The molecule has 0 radical (unpaired) electrons. The Bertz CT molecular complexity index is 1220.